The molecule has 0 radical (unpaired) electrons. The van der Waals surface area contributed by atoms with Crippen molar-refractivity contribution < 1.29 is 13.2 Å². The molecule has 1 heterocycles. The molecule has 17 heavy (non-hydrogen) atoms. The van der Waals surface area contributed by atoms with Crippen LogP contribution in [0.4, 0.5) is 18.9 Å². The minimum absolute atomic E-state index is 0.0519. The minimum atomic E-state index is -2.96. The van der Waals surface area contributed by atoms with Gasteiger partial charge in [-0.15, -0.1) is 0 Å². The lowest BCUT2D eigenvalue weighted by atomic mass is 10.1. The van der Waals surface area contributed by atoms with Gasteiger partial charge in [0.15, 0.2) is 6.17 Å². The molecule has 1 atom stereocenters. The van der Waals surface area contributed by atoms with Crippen LogP contribution < -0.4 is 10.2 Å². The Hall–Kier alpha value is -1.23. The molecule has 1 N–H and O–H groups in total. The summed E-state index contributed by atoms with van der Waals surface area (Å²) in [6.45, 7) is 3.35. The van der Waals surface area contributed by atoms with E-state index in [0.717, 1.165) is 31.9 Å². The molecule has 94 valence electrons. The lowest BCUT2D eigenvalue weighted by Gasteiger charge is -2.29. The van der Waals surface area contributed by atoms with E-state index in [0.29, 0.717) is 0 Å². The first-order chi connectivity index (χ1) is 8.18. The Labute approximate surface area is 98.4 Å². The number of hydrogen-bond donors (Lipinski definition) is 1. The Bertz CT molecular complexity index is 365. The number of nitrogens with zero attached hydrogens (tertiary/aromatic N) is 1. The number of benzene rings is 1. The standard InChI is InChI=1S/C12H15F3N2/c13-11(12(14)15)9-2-1-3-10(8-9)17-6-4-16-5-7-17/h1-3,8,11-12,16H,4-7H2. The van der Waals surface area contributed by atoms with Crippen LogP contribution in [0.5, 0.6) is 0 Å². The normalized spacial score (nSPS) is 18.5. The van der Waals surface area contributed by atoms with Gasteiger partial charge in [-0.2, -0.15) is 0 Å². The van der Waals surface area contributed by atoms with Gasteiger partial charge in [0, 0.05) is 31.9 Å². The zero-order chi connectivity index (χ0) is 12.3. The Kier molecular flexibility index (Phi) is 3.89. The number of piperazine rings is 1. The van der Waals surface area contributed by atoms with E-state index in [1.54, 1.807) is 6.07 Å². The summed E-state index contributed by atoms with van der Waals surface area (Å²) in [4.78, 5) is 2.07. The maximum atomic E-state index is 13.2. The summed E-state index contributed by atoms with van der Waals surface area (Å²) in [7, 11) is 0. The summed E-state index contributed by atoms with van der Waals surface area (Å²) in [6, 6.07) is 6.37. The molecule has 1 aliphatic rings. The van der Waals surface area contributed by atoms with Crippen molar-refractivity contribution in [2.24, 2.45) is 0 Å². The van der Waals surface area contributed by atoms with Gasteiger partial charge in [0.05, 0.1) is 0 Å². The van der Waals surface area contributed by atoms with E-state index >= 15 is 0 Å². The van der Waals surface area contributed by atoms with Crippen molar-refractivity contribution in [3.05, 3.63) is 29.8 Å². The monoisotopic (exact) mass is 244 g/mol. The van der Waals surface area contributed by atoms with Crippen LogP contribution in [0, 0.1) is 0 Å². The Morgan fingerprint density at radius 3 is 2.47 bits per heavy atom. The highest BCUT2D eigenvalue weighted by atomic mass is 19.3. The van der Waals surface area contributed by atoms with E-state index in [1.807, 2.05) is 6.07 Å². The molecule has 0 aromatic heterocycles. The fourth-order valence-corrected chi connectivity index (χ4v) is 1.96. The van der Waals surface area contributed by atoms with Gasteiger partial charge in [0.25, 0.3) is 6.43 Å². The molecular formula is C12H15F3N2. The second kappa shape index (κ2) is 5.40. The predicted molar refractivity (Wildman–Crippen MR) is 61.4 cm³/mol. The summed E-state index contributed by atoms with van der Waals surface area (Å²) in [6.07, 6.45) is -5.16. The molecule has 2 nitrogen and oxygen atoms in total. The van der Waals surface area contributed by atoms with Crippen molar-refractivity contribution in [3.8, 4) is 0 Å². The third kappa shape index (κ3) is 2.91. The van der Waals surface area contributed by atoms with Gasteiger partial charge in [0.2, 0.25) is 0 Å². The van der Waals surface area contributed by atoms with Gasteiger partial charge in [-0.1, -0.05) is 12.1 Å². The minimum Gasteiger partial charge on any atom is -0.369 e. The van der Waals surface area contributed by atoms with E-state index < -0.39 is 12.6 Å². The van der Waals surface area contributed by atoms with E-state index in [2.05, 4.69) is 10.2 Å². The van der Waals surface area contributed by atoms with E-state index in [-0.39, 0.29) is 5.56 Å². The average Bonchev–Trinajstić information content (AvgIpc) is 2.39. The second-order valence-electron chi connectivity index (χ2n) is 4.07. The Balaban J connectivity index is 2.15. The van der Waals surface area contributed by atoms with Crippen molar-refractivity contribution in [2.45, 2.75) is 12.6 Å². The molecule has 0 bridgehead atoms. The number of nitrogens with one attached hydrogen (secondary N) is 1. The zero-order valence-electron chi connectivity index (χ0n) is 9.37. The molecular weight excluding hydrogens is 229 g/mol. The average molecular weight is 244 g/mol. The number of halogens is 3. The molecule has 1 unspecified atom stereocenters. The maximum Gasteiger partial charge on any atom is 0.273 e. The van der Waals surface area contributed by atoms with Crippen molar-refractivity contribution in [1.29, 1.82) is 0 Å². The molecule has 1 aromatic carbocycles. The first-order valence-electron chi connectivity index (χ1n) is 5.66. The smallest absolute Gasteiger partial charge is 0.273 e. The number of hydrogen-bond acceptors (Lipinski definition) is 2. The summed E-state index contributed by atoms with van der Waals surface area (Å²) < 4.78 is 37.8. The topological polar surface area (TPSA) is 15.3 Å². The number of alkyl halides is 3. The lowest BCUT2D eigenvalue weighted by Crippen LogP contribution is -2.43. The largest absolute Gasteiger partial charge is 0.369 e. The number of rotatable bonds is 3. The molecule has 1 aliphatic heterocycles. The van der Waals surface area contributed by atoms with Crippen LogP contribution in [-0.2, 0) is 0 Å². The van der Waals surface area contributed by atoms with Crippen LogP contribution in [-0.4, -0.2) is 32.6 Å². The van der Waals surface area contributed by atoms with Crippen molar-refractivity contribution in [3.63, 3.8) is 0 Å². The molecule has 5 heteroatoms. The summed E-state index contributed by atoms with van der Waals surface area (Å²) in [5, 5.41) is 3.20. The third-order valence-electron chi connectivity index (χ3n) is 2.89. The molecule has 2 rings (SSSR count). The molecule has 0 saturated carbocycles. The lowest BCUT2D eigenvalue weighted by molar-refractivity contribution is 0.0496. The van der Waals surface area contributed by atoms with E-state index in [1.165, 1.54) is 12.1 Å². The highest BCUT2D eigenvalue weighted by molar-refractivity contribution is 5.49. The fraction of sp³-hybridized carbons (Fsp3) is 0.500. The summed E-state index contributed by atoms with van der Waals surface area (Å²) in [5.41, 5.74) is 0.864. The third-order valence-corrected chi connectivity index (χ3v) is 2.89. The van der Waals surface area contributed by atoms with Crippen LogP contribution in [0.15, 0.2) is 24.3 Å². The maximum absolute atomic E-state index is 13.2. The van der Waals surface area contributed by atoms with Crippen LogP contribution in [0.25, 0.3) is 0 Å². The molecule has 0 aliphatic carbocycles. The summed E-state index contributed by atoms with van der Waals surface area (Å²) >= 11 is 0. The zero-order valence-corrected chi connectivity index (χ0v) is 9.37. The van der Waals surface area contributed by atoms with Crippen LogP contribution >= 0.6 is 0 Å². The van der Waals surface area contributed by atoms with Crippen molar-refractivity contribution in [1.82, 2.24) is 5.32 Å². The van der Waals surface area contributed by atoms with Crippen LogP contribution in [0.2, 0.25) is 0 Å². The van der Waals surface area contributed by atoms with Gasteiger partial charge in [-0.25, -0.2) is 13.2 Å². The Morgan fingerprint density at radius 1 is 1.12 bits per heavy atom. The van der Waals surface area contributed by atoms with Gasteiger partial charge < -0.3 is 10.2 Å². The van der Waals surface area contributed by atoms with E-state index in [4.69, 9.17) is 0 Å². The highest BCUT2D eigenvalue weighted by Crippen LogP contribution is 2.27. The van der Waals surface area contributed by atoms with E-state index in [9.17, 15) is 13.2 Å². The molecule has 0 spiro atoms. The molecule has 1 aromatic rings. The first-order valence-corrected chi connectivity index (χ1v) is 5.66. The quantitative estimate of drug-likeness (QED) is 0.878. The first kappa shape index (κ1) is 12.2. The van der Waals surface area contributed by atoms with Crippen LogP contribution in [0.3, 0.4) is 0 Å². The van der Waals surface area contributed by atoms with Crippen molar-refractivity contribution >= 4 is 5.69 Å². The number of anilines is 1. The predicted octanol–water partition coefficient (Wildman–Crippen LogP) is 2.37. The SMILES string of the molecule is FC(F)C(F)c1cccc(N2CCNCC2)c1. The fourth-order valence-electron chi connectivity index (χ4n) is 1.96. The van der Waals surface area contributed by atoms with Gasteiger partial charge in [0.1, 0.15) is 0 Å². The Morgan fingerprint density at radius 2 is 1.82 bits per heavy atom. The van der Waals surface area contributed by atoms with Crippen molar-refractivity contribution in [2.75, 3.05) is 31.1 Å². The molecule has 1 fully saturated rings. The summed E-state index contributed by atoms with van der Waals surface area (Å²) in [5.74, 6) is 0. The van der Waals surface area contributed by atoms with Crippen LogP contribution in [0.1, 0.15) is 11.7 Å². The highest BCUT2D eigenvalue weighted by Gasteiger charge is 2.22. The molecule has 0 amide bonds. The second-order valence-corrected chi connectivity index (χ2v) is 4.07. The van der Waals surface area contributed by atoms with Gasteiger partial charge in [-0.05, 0) is 17.7 Å². The van der Waals surface area contributed by atoms with Gasteiger partial charge >= 0.3 is 0 Å². The molecule has 1 saturated heterocycles. The van der Waals surface area contributed by atoms with Gasteiger partial charge in [-0.3, -0.25) is 0 Å².